The van der Waals surface area contributed by atoms with Crippen LogP contribution in [-0.4, -0.2) is 24.9 Å². The van der Waals surface area contributed by atoms with E-state index in [0.717, 1.165) is 24.1 Å². The molecule has 0 aliphatic heterocycles. The van der Waals surface area contributed by atoms with E-state index >= 15 is 0 Å². The van der Waals surface area contributed by atoms with E-state index in [2.05, 4.69) is 27.3 Å². The molecule has 6 nitrogen and oxygen atoms in total. The summed E-state index contributed by atoms with van der Waals surface area (Å²) in [6.45, 7) is 4.09. The van der Waals surface area contributed by atoms with E-state index in [1.54, 1.807) is 18.2 Å². The maximum atomic E-state index is 14.4. The third kappa shape index (κ3) is 4.22. The highest BCUT2D eigenvalue weighted by Gasteiger charge is 2.19. The number of nitrogens with zero attached hydrogens (tertiary/aromatic N) is 5. The van der Waals surface area contributed by atoms with E-state index in [9.17, 15) is 4.39 Å². The van der Waals surface area contributed by atoms with Crippen molar-refractivity contribution in [3.63, 3.8) is 0 Å². The topological polar surface area (TPSA) is 69.6 Å². The fraction of sp³-hybridized carbons (Fsp3) is 0.238. The van der Waals surface area contributed by atoms with Gasteiger partial charge in [-0.1, -0.05) is 53.7 Å². The monoisotopic (exact) mass is 409 g/mol. The van der Waals surface area contributed by atoms with E-state index < -0.39 is 0 Å². The summed E-state index contributed by atoms with van der Waals surface area (Å²) in [7, 11) is 0. The zero-order valence-electron chi connectivity index (χ0n) is 16.2. The Morgan fingerprint density at radius 2 is 1.86 bits per heavy atom. The Morgan fingerprint density at radius 1 is 1.07 bits per heavy atom. The molecule has 29 heavy (non-hydrogen) atoms. The predicted molar refractivity (Wildman–Crippen MR) is 109 cm³/mol. The third-order valence-corrected chi connectivity index (χ3v) is 5.26. The molecule has 0 amide bonds. The number of aryl methyl sites for hydroxylation is 2. The van der Waals surface area contributed by atoms with Crippen molar-refractivity contribution in [1.82, 2.24) is 24.9 Å². The van der Waals surface area contributed by atoms with Gasteiger partial charge in [0.15, 0.2) is 16.8 Å². The van der Waals surface area contributed by atoms with E-state index in [4.69, 9.17) is 4.52 Å². The van der Waals surface area contributed by atoms with Crippen LogP contribution in [-0.2, 0) is 12.2 Å². The van der Waals surface area contributed by atoms with Gasteiger partial charge in [-0.05, 0) is 37.6 Å². The Labute approximate surface area is 172 Å². The first-order chi connectivity index (χ1) is 14.2. The summed E-state index contributed by atoms with van der Waals surface area (Å²) in [5.74, 6) is 1.80. The van der Waals surface area contributed by atoms with Crippen molar-refractivity contribution >= 4 is 11.8 Å². The second-order valence-corrected chi connectivity index (χ2v) is 7.54. The molecule has 0 saturated carbocycles. The zero-order valence-corrected chi connectivity index (χ0v) is 17.0. The molecule has 0 spiro atoms. The van der Waals surface area contributed by atoms with Gasteiger partial charge in [0.25, 0.3) is 0 Å². The van der Waals surface area contributed by atoms with E-state index in [-0.39, 0.29) is 5.82 Å². The minimum absolute atomic E-state index is 0.342. The second kappa shape index (κ2) is 8.57. The molecular weight excluding hydrogens is 389 g/mol. The van der Waals surface area contributed by atoms with Crippen LogP contribution in [0.2, 0.25) is 0 Å². The van der Waals surface area contributed by atoms with E-state index in [1.807, 2.05) is 35.8 Å². The summed E-state index contributed by atoms with van der Waals surface area (Å²) < 4.78 is 21.6. The molecule has 8 heteroatoms. The molecule has 0 radical (unpaired) electrons. The van der Waals surface area contributed by atoms with Gasteiger partial charge in [0.05, 0.1) is 11.3 Å². The molecule has 0 saturated heterocycles. The van der Waals surface area contributed by atoms with Crippen LogP contribution < -0.4 is 0 Å². The van der Waals surface area contributed by atoms with Crippen molar-refractivity contribution in [2.75, 3.05) is 0 Å². The lowest BCUT2D eigenvalue weighted by Gasteiger charge is -2.10. The lowest BCUT2D eigenvalue weighted by Crippen LogP contribution is -2.01. The Bertz CT molecular complexity index is 1110. The van der Waals surface area contributed by atoms with Gasteiger partial charge in [-0.2, -0.15) is 4.98 Å². The quantitative estimate of drug-likeness (QED) is 0.400. The minimum Gasteiger partial charge on any atom is -0.338 e. The lowest BCUT2D eigenvalue weighted by molar-refractivity contribution is 0.384. The van der Waals surface area contributed by atoms with Gasteiger partial charge in [0.1, 0.15) is 5.82 Å². The zero-order chi connectivity index (χ0) is 20.2. The smallest absolute Gasteiger partial charge is 0.237 e. The fourth-order valence-electron chi connectivity index (χ4n) is 2.91. The first-order valence-electron chi connectivity index (χ1n) is 9.37. The van der Waals surface area contributed by atoms with Crippen molar-refractivity contribution in [3.8, 4) is 17.1 Å². The molecular formula is C21H20FN5OS. The molecule has 4 aromatic rings. The number of halogens is 1. The number of thioether (sulfide) groups is 1. The minimum atomic E-state index is -0.342. The normalized spacial score (nSPS) is 11.1. The molecule has 0 N–H and O–H groups in total. The average Bonchev–Trinajstić information content (AvgIpc) is 3.35. The summed E-state index contributed by atoms with van der Waals surface area (Å²) in [5.41, 5.74) is 2.40. The van der Waals surface area contributed by atoms with Crippen LogP contribution in [0.3, 0.4) is 0 Å². The van der Waals surface area contributed by atoms with Crippen molar-refractivity contribution < 1.29 is 8.91 Å². The number of benzene rings is 2. The maximum absolute atomic E-state index is 14.4. The van der Waals surface area contributed by atoms with E-state index in [0.29, 0.717) is 34.0 Å². The van der Waals surface area contributed by atoms with Gasteiger partial charge in [0.2, 0.25) is 5.89 Å². The SMILES string of the molecule is CCCc1noc(CSc2nnc(-c3ccccc3F)n2-c2ccc(C)cc2)n1. The van der Waals surface area contributed by atoms with E-state index in [1.165, 1.54) is 17.8 Å². The van der Waals surface area contributed by atoms with Crippen LogP contribution in [0.4, 0.5) is 4.39 Å². The molecule has 0 atom stereocenters. The summed E-state index contributed by atoms with van der Waals surface area (Å²) >= 11 is 1.42. The molecule has 2 aromatic heterocycles. The molecule has 148 valence electrons. The fourth-order valence-corrected chi connectivity index (χ4v) is 3.70. The third-order valence-electron chi connectivity index (χ3n) is 4.35. The van der Waals surface area contributed by atoms with Crippen molar-refractivity contribution in [3.05, 3.63) is 71.6 Å². The summed E-state index contributed by atoms with van der Waals surface area (Å²) in [5, 5.41) is 13.2. The Kier molecular flexibility index (Phi) is 5.71. The number of aromatic nitrogens is 5. The van der Waals surface area contributed by atoms with Crippen molar-refractivity contribution in [1.29, 1.82) is 0 Å². The number of hydrogen-bond donors (Lipinski definition) is 0. The van der Waals surface area contributed by atoms with Gasteiger partial charge >= 0.3 is 0 Å². The molecule has 4 rings (SSSR count). The van der Waals surface area contributed by atoms with Gasteiger partial charge in [-0.15, -0.1) is 10.2 Å². The van der Waals surface area contributed by atoms with Crippen LogP contribution in [0, 0.1) is 12.7 Å². The van der Waals surface area contributed by atoms with Gasteiger partial charge < -0.3 is 4.52 Å². The van der Waals surface area contributed by atoms with Gasteiger partial charge in [-0.25, -0.2) is 4.39 Å². The number of hydrogen-bond acceptors (Lipinski definition) is 6. The maximum Gasteiger partial charge on any atom is 0.237 e. The summed E-state index contributed by atoms with van der Waals surface area (Å²) in [6, 6.07) is 14.5. The van der Waals surface area contributed by atoms with Crippen LogP contribution >= 0.6 is 11.8 Å². The first-order valence-corrected chi connectivity index (χ1v) is 10.4. The number of rotatable bonds is 7. The molecule has 0 aliphatic carbocycles. The largest absolute Gasteiger partial charge is 0.338 e. The predicted octanol–water partition coefficient (Wildman–Crippen LogP) is 5.01. The van der Waals surface area contributed by atoms with Gasteiger partial charge in [-0.3, -0.25) is 4.57 Å². The highest BCUT2D eigenvalue weighted by Crippen LogP contribution is 2.30. The molecule has 0 fully saturated rings. The van der Waals surface area contributed by atoms with Crippen LogP contribution in [0.1, 0.15) is 30.6 Å². The average molecular weight is 409 g/mol. The molecule has 0 aliphatic rings. The highest BCUT2D eigenvalue weighted by atomic mass is 32.2. The summed E-state index contributed by atoms with van der Waals surface area (Å²) in [6.07, 6.45) is 1.74. The van der Waals surface area contributed by atoms with Crippen molar-refractivity contribution in [2.24, 2.45) is 0 Å². The second-order valence-electron chi connectivity index (χ2n) is 6.60. The van der Waals surface area contributed by atoms with Crippen LogP contribution in [0.25, 0.3) is 17.1 Å². The lowest BCUT2D eigenvalue weighted by atomic mass is 10.2. The van der Waals surface area contributed by atoms with Gasteiger partial charge in [0, 0.05) is 12.1 Å². The molecule has 2 heterocycles. The Hall–Kier alpha value is -3.00. The van der Waals surface area contributed by atoms with Crippen LogP contribution in [0.5, 0.6) is 0 Å². The molecule has 0 unspecified atom stereocenters. The van der Waals surface area contributed by atoms with Crippen LogP contribution in [0.15, 0.2) is 58.2 Å². The standard InChI is InChI=1S/C21H20FN5OS/c1-3-6-18-23-19(28-26-18)13-29-21-25-24-20(16-7-4-5-8-17(16)22)27(21)15-11-9-14(2)10-12-15/h4-5,7-12H,3,6,13H2,1-2H3. The summed E-state index contributed by atoms with van der Waals surface area (Å²) in [4.78, 5) is 4.39. The molecule has 0 bridgehead atoms. The van der Waals surface area contributed by atoms with Crippen molar-refractivity contribution in [2.45, 2.75) is 37.6 Å². The Balaban J connectivity index is 1.69. The highest BCUT2D eigenvalue weighted by molar-refractivity contribution is 7.98. The first kappa shape index (κ1) is 19.3. The Morgan fingerprint density at radius 3 is 2.62 bits per heavy atom. The molecule has 2 aromatic carbocycles.